The topological polar surface area (TPSA) is 40.5 Å². The van der Waals surface area contributed by atoms with Crippen LogP contribution >= 0.6 is 9.24 Å². The SMILES string of the molecule is CC(N(C)CP)C(C)(C)C(=O)O. The molecule has 0 aromatic rings. The minimum Gasteiger partial charge on any atom is -0.481 e. The third-order valence-corrected chi connectivity index (χ3v) is 3.12. The highest BCUT2D eigenvalue weighted by Gasteiger charge is 2.35. The predicted molar refractivity (Wildman–Crippen MR) is 53.2 cm³/mol. The van der Waals surface area contributed by atoms with Crippen molar-refractivity contribution in [2.45, 2.75) is 26.8 Å². The van der Waals surface area contributed by atoms with Crippen LogP contribution in [0.15, 0.2) is 0 Å². The van der Waals surface area contributed by atoms with Gasteiger partial charge >= 0.3 is 5.97 Å². The van der Waals surface area contributed by atoms with Crippen molar-refractivity contribution in [1.29, 1.82) is 0 Å². The fourth-order valence-corrected chi connectivity index (χ4v) is 1.20. The molecule has 0 fully saturated rings. The lowest BCUT2D eigenvalue weighted by atomic mass is 9.85. The lowest BCUT2D eigenvalue weighted by Gasteiger charge is -2.34. The maximum Gasteiger partial charge on any atom is 0.310 e. The Labute approximate surface area is 76.3 Å². The molecule has 0 aromatic carbocycles. The summed E-state index contributed by atoms with van der Waals surface area (Å²) in [6.45, 7) is 5.42. The minimum absolute atomic E-state index is 0.0347. The summed E-state index contributed by atoms with van der Waals surface area (Å²) >= 11 is 0. The average molecular weight is 191 g/mol. The molecule has 0 radical (unpaired) electrons. The predicted octanol–water partition coefficient (Wildman–Crippen LogP) is 1.25. The summed E-state index contributed by atoms with van der Waals surface area (Å²) in [5, 5.41) is 8.92. The van der Waals surface area contributed by atoms with Crippen molar-refractivity contribution in [2.75, 3.05) is 13.3 Å². The van der Waals surface area contributed by atoms with Crippen LogP contribution < -0.4 is 0 Å². The summed E-state index contributed by atoms with van der Waals surface area (Å²) in [5.41, 5.74) is -0.689. The molecule has 4 heteroatoms. The lowest BCUT2D eigenvalue weighted by Crippen LogP contribution is -2.45. The average Bonchev–Trinajstić information content (AvgIpc) is 2.01. The van der Waals surface area contributed by atoms with Crippen LogP contribution in [0, 0.1) is 5.41 Å². The summed E-state index contributed by atoms with van der Waals surface area (Å²) in [6.07, 6.45) is 0.790. The van der Waals surface area contributed by atoms with Crippen molar-refractivity contribution < 1.29 is 9.90 Å². The van der Waals surface area contributed by atoms with Crippen molar-refractivity contribution in [3.05, 3.63) is 0 Å². The van der Waals surface area contributed by atoms with Crippen LogP contribution in [0.25, 0.3) is 0 Å². The Balaban J connectivity index is 4.44. The lowest BCUT2D eigenvalue weighted by molar-refractivity contribution is -0.150. The second kappa shape index (κ2) is 4.20. The number of rotatable bonds is 4. The molecule has 3 nitrogen and oxygen atoms in total. The molecule has 1 N–H and O–H groups in total. The van der Waals surface area contributed by atoms with Gasteiger partial charge in [-0.2, -0.15) is 0 Å². The maximum absolute atomic E-state index is 10.8. The molecule has 12 heavy (non-hydrogen) atoms. The van der Waals surface area contributed by atoms with Gasteiger partial charge in [-0.25, -0.2) is 0 Å². The molecule has 0 amide bonds. The number of carboxylic acid groups (broad SMARTS) is 1. The third kappa shape index (κ3) is 2.43. The Bertz CT molecular complexity index is 170. The highest BCUT2D eigenvalue weighted by atomic mass is 31.0. The van der Waals surface area contributed by atoms with Crippen LogP contribution in [-0.4, -0.2) is 35.4 Å². The van der Waals surface area contributed by atoms with E-state index in [1.165, 1.54) is 0 Å². The number of carboxylic acids is 1. The summed E-state index contributed by atoms with van der Waals surface area (Å²) < 4.78 is 0. The van der Waals surface area contributed by atoms with E-state index in [9.17, 15) is 4.79 Å². The van der Waals surface area contributed by atoms with Gasteiger partial charge < -0.3 is 5.11 Å². The van der Waals surface area contributed by atoms with Crippen LogP contribution in [0.3, 0.4) is 0 Å². The second-order valence-corrected chi connectivity index (χ2v) is 4.01. The van der Waals surface area contributed by atoms with Crippen molar-refractivity contribution in [3.8, 4) is 0 Å². The summed E-state index contributed by atoms with van der Waals surface area (Å²) in [5.74, 6) is -0.750. The molecular formula is C8H18NO2P. The number of aliphatic carboxylic acids is 1. The van der Waals surface area contributed by atoms with Crippen molar-refractivity contribution >= 4 is 15.2 Å². The van der Waals surface area contributed by atoms with Gasteiger partial charge in [0, 0.05) is 12.3 Å². The molecule has 0 saturated carbocycles. The first-order valence-electron chi connectivity index (χ1n) is 3.97. The van der Waals surface area contributed by atoms with Gasteiger partial charge in [0.25, 0.3) is 0 Å². The van der Waals surface area contributed by atoms with E-state index in [1.807, 2.05) is 18.9 Å². The number of hydrogen-bond acceptors (Lipinski definition) is 2. The zero-order valence-electron chi connectivity index (χ0n) is 8.16. The van der Waals surface area contributed by atoms with E-state index in [0.717, 1.165) is 6.29 Å². The van der Waals surface area contributed by atoms with Crippen LogP contribution in [-0.2, 0) is 4.79 Å². The molecular weight excluding hydrogens is 173 g/mol. The molecule has 72 valence electrons. The monoisotopic (exact) mass is 191 g/mol. The summed E-state index contributed by atoms with van der Waals surface area (Å²) in [6, 6.07) is 0.0347. The standard InChI is InChI=1S/C8H18NO2P/c1-6(9(4)5-12)8(2,3)7(10)11/h6H,5,12H2,1-4H3,(H,10,11). The second-order valence-electron chi connectivity index (χ2n) is 3.64. The third-order valence-electron chi connectivity index (χ3n) is 2.54. The Morgan fingerprint density at radius 2 is 2.08 bits per heavy atom. The first-order valence-corrected chi connectivity index (χ1v) is 4.79. The fourth-order valence-electron chi connectivity index (χ4n) is 0.888. The quantitative estimate of drug-likeness (QED) is 0.680. The molecule has 0 aromatic heterocycles. The van der Waals surface area contributed by atoms with Crippen molar-refractivity contribution in [3.63, 3.8) is 0 Å². The first kappa shape index (κ1) is 11.9. The molecule has 0 aliphatic rings. The van der Waals surface area contributed by atoms with Gasteiger partial charge in [0.1, 0.15) is 0 Å². The zero-order valence-corrected chi connectivity index (χ0v) is 9.32. The number of carbonyl (C=O) groups is 1. The molecule has 0 aliphatic carbocycles. The van der Waals surface area contributed by atoms with Gasteiger partial charge in [0.15, 0.2) is 0 Å². The van der Waals surface area contributed by atoms with E-state index >= 15 is 0 Å². The van der Waals surface area contributed by atoms with Gasteiger partial charge in [-0.3, -0.25) is 9.69 Å². The highest BCUT2D eigenvalue weighted by molar-refractivity contribution is 7.16. The van der Waals surface area contributed by atoms with E-state index in [-0.39, 0.29) is 6.04 Å². The van der Waals surface area contributed by atoms with Crippen LogP contribution in [0.5, 0.6) is 0 Å². The highest BCUT2D eigenvalue weighted by Crippen LogP contribution is 2.24. The Kier molecular flexibility index (Phi) is 4.15. The molecule has 0 rings (SSSR count). The van der Waals surface area contributed by atoms with E-state index < -0.39 is 11.4 Å². The van der Waals surface area contributed by atoms with E-state index in [4.69, 9.17) is 5.11 Å². The van der Waals surface area contributed by atoms with Crippen molar-refractivity contribution in [1.82, 2.24) is 4.90 Å². The van der Waals surface area contributed by atoms with Gasteiger partial charge in [0.2, 0.25) is 0 Å². The number of nitrogens with zero attached hydrogens (tertiary/aromatic N) is 1. The largest absolute Gasteiger partial charge is 0.481 e. The molecule has 0 heterocycles. The van der Waals surface area contributed by atoms with Crippen LogP contribution in [0.1, 0.15) is 20.8 Å². The molecule has 0 spiro atoms. The summed E-state index contributed by atoms with van der Waals surface area (Å²) in [7, 11) is 4.50. The molecule has 0 aliphatic heterocycles. The Hall–Kier alpha value is -0.140. The fraction of sp³-hybridized carbons (Fsp3) is 0.875. The van der Waals surface area contributed by atoms with E-state index in [2.05, 4.69) is 9.24 Å². The first-order chi connectivity index (χ1) is 5.34. The maximum atomic E-state index is 10.8. The van der Waals surface area contributed by atoms with Gasteiger partial charge in [0.05, 0.1) is 5.41 Å². The van der Waals surface area contributed by atoms with Gasteiger partial charge in [-0.05, 0) is 27.8 Å². The Morgan fingerprint density at radius 3 is 2.33 bits per heavy atom. The number of hydrogen-bond donors (Lipinski definition) is 1. The van der Waals surface area contributed by atoms with Gasteiger partial charge in [-0.15, -0.1) is 9.24 Å². The smallest absolute Gasteiger partial charge is 0.310 e. The molecule has 2 unspecified atom stereocenters. The summed E-state index contributed by atoms with van der Waals surface area (Å²) in [4.78, 5) is 12.8. The zero-order chi connectivity index (χ0) is 9.94. The van der Waals surface area contributed by atoms with E-state index in [1.54, 1.807) is 13.8 Å². The molecule has 0 saturated heterocycles. The minimum atomic E-state index is -0.750. The van der Waals surface area contributed by atoms with Gasteiger partial charge in [-0.1, -0.05) is 0 Å². The van der Waals surface area contributed by atoms with Crippen LogP contribution in [0.2, 0.25) is 0 Å². The van der Waals surface area contributed by atoms with E-state index in [0.29, 0.717) is 0 Å². The van der Waals surface area contributed by atoms with Crippen molar-refractivity contribution in [2.24, 2.45) is 5.41 Å². The Morgan fingerprint density at radius 1 is 1.67 bits per heavy atom. The van der Waals surface area contributed by atoms with Crippen LogP contribution in [0.4, 0.5) is 0 Å². The normalized spacial score (nSPS) is 14.8. The molecule has 0 bridgehead atoms. The molecule has 2 atom stereocenters.